The zero-order chi connectivity index (χ0) is 14.5. The van der Waals surface area contributed by atoms with E-state index in [0.717, 1.165) is 0 Å². The zero-order valence-corrected chi connectivity index (χ0v) is 12.0. The molecule has 2 aromatic rings. The molecule has 0 bridgehead atoms. The summed E-state index contributed by atoms with van der Waals surface area (Å²) in [6, 6.07) is 1.70. The van der Waals surface area contributed by atoms with Gasteiger partial charge in [-0.1, -0.05) is 11.3 Å². The third-order valence-corrected chi connectivity index (χ3v) is 3.42. The Hall–Kier alpha value is -2.13. The number of carbonyl (C=O) groups excluding carboxylic acids is 1. The maximum atomic E-state index is 12.1. The highest BCUT2D eigenvalue weighted by molar-refractivity contribution is 7.18. The summed E-state index contributed by atoms with van der Waals surface area (Å²) in [5, 5.41) is 10.4. The minimum absolute atomic E-state index is 0.198. The Labute approximate surface area is 119 Å². The van der Waals surface area contributed by atoms with Gasteiger partial charge in [-0.3, -0.25) is 9.48 Å². The maximum absolute atomic E-state index is 12.1. The van der Waals surface area contributed by atoms with Crippen molar-refractivity contribution in [3.8, 4) is 0 Å². The molecule has 2 aromatic heterocycles. The molecule has 0 radical (unpaired) electrons. The molecule has 0 aromatic carbocycles. The topological polar surface area (TPSA) is 107 Å². The van der Waals surface area contributed by atoms with E-state index in [-0.39, 0.29) is 11.7 Å². The van der Waals surface area contributed by atoms with Crippen LogP contribution in [0.5, 0.6) is 0 Å². The molecule has 0 aliphatic carbocycles. The average molecular weight is 296 g/mol. The summed E-state index contributed by atoms with van der Waals surface area (Å²) in [6.45, 7) is 1.15. The highest BCUT2D eigenvalue weighted by Gasteiger charge is 2.17. The van der Waals surface area contributed by atoms with Gasteiger partial charge in [-0.25, -0.2) is 4.98 Å². The number of thiazole rings is 1. The molecule has 0 aliphatic heterocycles. The van der Waals surface area contributed by atoms with Crippen molar-refractivity contribution in [3.63, 3.8) is 0 Å². The second-order valence-electron chi connectivity index (χ2n) is 3.98. The Morgan fingerprint density at radius 3 is 3.05 bits per heavy atom. The van der Waals surface area contributed by atoms with Crippen molar-refractivity contribution in [2.24, 2.45) is 7.05 Å². The Morgan fingerprint density at radius 2 is 2.40 bits per heavy atom. The largest absolute Gasteiger partial charge is 0.383 e. The van der Waals surface area contributed by atoms with Crippen molar-refractivity contribution in [1.82, 2.24) is 14.8 Å². The van der Waals surface area contributed by atoms with Gasteiger partial charge in [0.2, 0.25) is 0 Å². The number of nitrogens with two attached hydrogens (primary N) is 1. The van der Waals surface area contributed by atoms with Crippen molar-refractivity contribution < 1.29 is 9.53 Å². The highest BCUT2D eigenvalue weighted by atomic mass is 32.1. The van der Waals surface area contributed by atoms with Gasteiger partial charge in [0, 0.05) is 33.0 Å². The quantitative estimate of drug-likeness (QED) is 0.680. The van der Waals surface area contributed by atoms with Crippen LogP contribution in [0.1, 0.15) is 9.67 Å². The van der Waals surface area contributed by atoms with E-state index in [1.54, 1.807) is 31.1 Å². The lowest BCUT2D eigenvalue weighted by molar-refractivity contribution is 0.103. The van der Waals surface area contributed by atoms with E-state index >= 15 is 0 Å². The van der Waals surface area contributed by atoms with Crippen LogP contribution in [0.2, 0.25) is 0 Å². The maximum Gasteiger partial charge on any atom is 0.270 e. The number of ether oxygens (including phenoxy) is 1. The van der Waals surface area contributed by atoms with Gasteiger partial charge >= 0.3 is 0 Å². The van der Waals surface area contributed by atoms with Gasteiger partial charge in [0.15, 0.2) is 10.9 Å². The van der Waals surface area contributed by atoms with Gasteiger partial charge in [0.1, 0.15) is 10.7 Å². The SMILES string of the molecule is COCCNc1nc(N)c(C(=O)Nc2ccn(C)n2)s1. The molecule has 1 amide bonds. The molecule has 2 rings (SSSR count). The first-order valence-corrected chi connectivity index (χ1v) is 6.72. The third-order valence-electron chi connectivity index (χ3n) is 2.40. The summed E-state index contributed by atoms with van der Waals surface area (Å²) in [5.74, 6) is 0.348. The number of nitrogens with one attached hydrogen (secondary N) is 2. The number of nitrogen functional groups attached to an aromatic ring is 1. The van der Waals surface area contributed by atoms with Gasteiger partial charge in [-0.2, -0.15) is 5.10 Å². The molecule has 0 saturated heterocycles. The molecule has 0 aliphatic rings. The molecule has 8 nitrogen and oxygen atoms in total. The van der Waals surface area contributed by atoms with E-state index in [9.17, 15) is 4.79 Å². The number of methoxy groups -OCH3 is 1. The molecule has 0 atom stereocenters. The number of rotatable bonds is 6. The van der Waals surface area contributed by atoms with Gasteiger partial charge in [-0.05, 0) is 0 Å². The van der Waals surface area contributed by atoms with Crippen LogP contribution in [0, 0.1) is 0 Å². The monoisotopic (exact) mass is 296 g/mol. The molecule has 108 valence electrons. The Morgan fingerprint density at radius 1 is 1.60 bits per heavy atom. The molecule has 9 heteroatoms. The first kappa shape index (κ1) is 14.3. The van der Waals surface area contributed by atoms with E-state index < -0.39 is 0 Å². The highest BCUT2D eigenvalue weighted by Crippen LogP contribution is 2.25. The second-order valence-corrected chi connectivity index (χ2v) is 4.98. The molecule has 0 saturated carbocycles. The normalized spacial score (nSPS) is 10.5. The predicted molar refractivity (Wildman–Crippen MR) is 78.1 cm³/mol. The first-order valence-electron chi connectivity index (χ1n) is 5.90. The van der Waals surface area contributed by atoms with Gasteiger partial charge in [0.25, 0.3) is 5.91 Å². The number of anilines is 3. The first-order chi connectivity index (χ1) is 9.60. The average Bonchev–Trinajstić information content (AvgIpc) is 2.96. The Kier molecular flexibility index (Phi) is 4.53. The summed E-state index contributed by atoms with van der Waals surface area (Å²) in [4.78, 5) is 16.5. The lowest BCUT2D eigenvalue weighted by Gasteiger charge is -2.00. The summed E-state index contributed by atoms with van der Waals surface area (Å²) < 4.78 is 6.52. The lowest BCUT2D eigenvalue weighted by Crippen LogP contribution is -2.12. The van der Waals surface area contributed by atoms with Gasteiger partial charge in [-0.15, -0.1) is 0 Å². The number of hydrogen-bond acceptors (Lipinski definition) is 7. The van der Waals surface area contributed by atoms with Crippen molar-refractivity contribution in [2.75, 3.05) is 36.6 Å². The second kappa shape index (κ2) is 6.35. The zero-order valence-electron chi connectivity index (χ0n) is 11.2. The minimum Gasteiger partial charge on any atom is -0.383 e. The lowest BCUT2D eigenvalue weighted by atomic mass is 10.4. The van der Waals surface area contributed by atoms with Crippen LogP contribution in [0.4, 0.5) is 16.8 Å². The molecule has 20 heavy (non-hydrogen) atoms. The number of hydrogen-bond donors (Lipinski definition) is 3. The van der Waals surface area contributed by atoms with E-state index in [1.165, 1.54) is 11.3 Å². The Bertz CT molecular complexity index is 594. The van der Waals surface area contributed by atoms with Crippen LogP contribution in [0.25, 0.3) is 0 Å². The molecule has 4 N–H and O–H groups in total. The van der Waals surface area contributed by atoms with E-state index in [4.69, 9.17) is 10.5 Å². The van der Waals surface area contributed by atoms with Crippen LogP contribution in [-0.4, -0.2) is 40.9 Å². The number of aromatic nitrogens is 3. The number of nitrogens with zero attached hydrogens (tertiary/aromatic N) is 3. The summed E-state index contributed by atoms with van der Waals surface area (Å²) in [5.41, 5.74) is 5.75. The van der Waals surface area contributed by atoms with Crippen LogP contribution < -0.4 is 16.4 Å². The summed E-state index contributed by atoms with van der Waals surface area (Å²) in [6.07, 6.45) is 1.74. The van der Waals surface area contributed by atoms with Crippen molar-refractivity contribution in [3.05, 3.63) is 17.1 Å². The van der Waals surface area contributed by atoms with Crippen LogP contribution in [-0.2, 0) is 11.8 Å². The molecule has 2 heterocycles. The molecular formula is C11H16N6O2S. The summed E-state index contributed by atoms with van der Waals surface area (Å²) in [7, 11) is 3.39. The van der Waals surface area contributed by atoms with E-state index in [2.05, 4.69) is 20.7 Å². The number of carbonyl (C=O) groups is 1. The Balaban J connectivity index is 2.02. The fourth-order valence-corrected chi connectivity index (χ4v) is 2.29. The van der Waals surface area contributed by atoms with E-state index in [0.29, 0.717) is 29.0 Å². The predicted octanol–water partition coefficient (Wildman–Crippen LogP) is 0.769. The third kappa shape index (κ3) is 3.45. The van der Waals surface area contributed by atoms with Gasteiger partial charge < -0.3 is 21.1 Å². The molecule has 0 fully saturated rings. The standard InChI is InChI=1S/C11H16N6O2S/c1-17-5-3-7(16-17)14-10(18)8-9(12)15-11(20-8)13-4-6-19-2/h3,5H,4,6,12H2,1-2H3,(H,13,15)(H,14,16,18). The minimum atomic E-state index is -0.321. The van der Waals surface area contributed by atoms with Crippen LogP contribution in [0.15, 0.2) is 12.3 Å². The van der Waals surface area contributed by atoms with Crippen molar-refractivity contribution in [2.45, 2.75) is 0 Å². The molecule has 0 spiro atoms. The van der Waals surface area contributed by atoms with Gasteiger partial charge in [0.05, 0.1) is 6.61 Å². The fraction of sp³-hybridized carbons (Fsp3) is 0.364. The van der Waals surface area contributed by atoms with Crippen LogP contribution in [0.3, 0.4) is 0 Å². The van der Waals surface area contributed by atoms with Crippen molar-refractivity contribution in [1.29, 1.82) is 0 Å². The van der Waals surface area contributed by atoms with Crippen LogP contribution >= 0.6 is 11.3 Å². The van der Waals surface area contributed by atoms with Crippen molar-refractivity contribution >= 4 is 34.0 Å². The smallest absolute Gasteiger partial charge is 0.270 e. The number of amides is 1. The summed E-state index contributed by atoms with van der Waals surface area (Å²) >= 11 is 1.19. The number of aryl methyl sites for hydroxylation is 1. The fourth-order valence-electron chi connectivity index (χ4n) is 1.49. The molecular weight excluding hydrogens is 280 g/mol. The van der Waals surface area contributed by atoms with E-state index in [1.807, 2.05) is 0 Å². The molecule has 0 unspecified atom stereocenters.